The van der Waals surface area contributed by atoms with Crippen molar-refractivity contribution in [1.82, 2.24) is 5.32 Å². The average Bonchev–Trinajstić information content (AvgIpc) is 2.75. The Morgan fingerprint density at radius 2 is 2.00 bits per heavy atom. The van der Waals surface area contributed by atoms with Crippen LogP contribution in [0.25, 0.3) is 0 Å². The fourth-order valence-electron chi connectivity index (χ4n) is 3.29. The summed E-state index contributed by atoms with van der Waals surface area (Å²) in [5.41, 5.74) is 1.76. The number of carbonyl (C=O) groups excluding carboxylic acids is 2. The van der Waals surface area contributed by atoms with Gasteiger partial charge in [-0.15, -0.1) is 0 Å². The normalized spacial score (nSPS) is 15.0. The largest absolute Gasteiger partial charge is 0.493 e. The monoisotopic (exact) mass is 397 g/mol. The lowest BCUT2D eigenvalue weighted by molar-refractivity contribution is -0.121. The molecule has 0 aromatic heterocycles. The molecule has 0 radical (unpaired) electrons. The van der Waals surface area contributed by atoms with Crippen molar-refractivity contribution in [2.75, 3.05) is 26.9 Å². The molecule has 1 unspecified atom stereocenters. The maximum Gasteiger partial charge on any atom is 0.220 e. The van der Waals surface area contributed by atoms with Gasteiger partial charge in [-0.05, 0) is 49.6 Å². The zero-order valence-corrected chi connectivity index (χ0v) is 16.9. The van der Waals surface area contributed by atoms with Gasteiger partial charge < -0.3 is 19.5 Å². The van der Waals surface area contributed by atoms with Gasteiger partial charge in [0.2, 0.25) is 5.91 Å². The Balaban J connectivity index is 1.37. The van der Waals surface area contributed by atoms with Crippen molar-refractivity contribution < 1.29 is 23.8 Å². The lowest BCUT2D eigenvalue weighted by Crippen LogP contribution is -2.34. The molecule has 154 valence electrons. The molecule has 1 aliphatic rings. The van der Waals surface area contributed by atoms with Gasteiger partial charge in [0, 0.05) is 24.4 Å². The van der Waals surface area contributed by atoms with Crippen LogP contribution in [0.2, 0.25) is 0 Å². The van der Waals surface area contributed by atoms with E-state index in [0.717, 1.165) is 12.2 Å². The van der Waals surface area contributed by atoms with Gasteiger partial charge in [0.15, 0.2) is 17.3 Å². The van der Waals surface area contributed by atoms with Crippen molar-refractivity contribution >= 4 is 11.7 Å². The van der Waals surface area contributed by atoms with E-state index in [1.165, 1.54) is 19.6 Å². The second-order valence-corrected chi connectivity index (χ2v) is 7.17. The van der Waals surface area contributed by atoms with E-state index in [9.17, 15) is 9.59 Å². The molecule has 29 heavy (non-hydrogen) atoms. The summed E-state index contributed by atoms with van der Waals surface area (Å²) in [6.07, 6.45) is 1.89. The van der Waals surface area contributed by atoms with E-state index in [4.69, 9.17) is 14.2 Å². The van der Waals surface area contributed by atoms with E-state index in [0.29, 0.717) is 49.7 Å². The molecule has 1 aliphatic heterocycles. The fourth-order valence-corrected chi connectivity index (χ4v) is 3.29. The van der Waals surface area contributed by atoms with E-state index in [-0.39, 0.29) is 17.6 Å². The Morgan fingerprint density at radius 3 is 2.79 bits per heavy atom. The van der Waals surface area contributed by atoms with Crippen molar-refractivity contribution in [1.29, 1.82) is 0 Å². The minimum Gasteiger partial charge on any atom is -0.493 e. The predicted molar refractivity (Wildman–Crippen MR) is 110 cm³/mol. The molecule has 3 rings (SSSR count). The molecule has 1 amide bonds. The van der Waals surface area contributed by atoms with Crippen LogP contribution in [0.15, 0.2) is 42.5 Å². The third-order valence-electron chi connectivity index (χ3n) is 4.92. The molecule has 0 saturated carbocycles. The predicted octanol–water partition coefficient (Wildman–Crippen LogP) is 3.42. The van der Waals surface area contributed by atoms with Crippen LogP contribution in [0.3, 0.4) is 0 Å². The SMILES string of the molecule is COc1cc(C(C)=O)ccc1OCCCC(=O)NCC1COc2ccccc2C1. The van der Waals surface area contributed by atoms with Crippen LogP contribution in [0.5, 0.6) is 17.2 Å². The molecule has 6 heteroatoms. The number of hydrogen-bond donors (Lipinski definition) is 1. The first-order valence-corrected chi connectivity index (χ1v) is 9.86. The van der Waals surface area contributed by atoms with Crippen molar-refractivity contribution in [3.05, 3.63) is 53.6 Å². The Labute approximate surface area is 171 Å². The molecular formula is C23H27NO5. The lowest BCUT2D eigenvalue weighted by atomic mass is 9.97. The zero-order chi connectivity index (χ0) is 20.6. The van der Waals surface area contributed by atoms with Crippen LogP contribution in [0, 0.1) is 5.92 Å². The number of nitrogens with one attached hydrogen (secondary N) is 1. The topological polar surface area (TPSA) is 73.9 Å². The highest BCUT2D eigenvalue weighted by atomic mass is 16.5. The first-order valence-electron chi connectivity index (χ1n) is 9.86. The zero-order valence-electron chi connectivity index (χ0n) is 16.9. The van der Waals surface area contributed by atoms with Gasteiger partial charge in [-0.25, -0.2) is 0 Å². The highest BCUT2D eigenvalue weighted by molar-refractivity contribution is 5.94. The molecule has 2 aromatic rings. The van der Waals surface area contributed by atoms with E-state index < -0.39 is 0 Å². The molecule has 1 atom stereocenters. The summed E-state index contributed by atoms with van der Waals surface area (Å²) in [6, 6.07) is 13.1. The van der Waals surface area contributed by atoms with Gasteiger partial charge in [-0.2, -0.15) is 0 Å². The number of Topliss-reactive ketones (excluding diaryl/α,β-unsaturated/α-hetero) is 1. The van der Waals surface area contributed by atoms with Gasteiger partial charge in [0.05, 0.1) is 20.3 Å². The molecule has 1 heterocycles. The molecule has 0 fully saturated rings. The number of fused-ring (bicyclic) bond motifs is 1. The van der Waals surface area contributed by atoms with Gasteiger partial charge >= 0.3 is 0 Å². The third-order valence-corrected chi connectivity index (χ3v) is 4.92. The van der Waals surface area contributed by atoms with Crippen LogP contribution in [-0.2, 0) is 11.2 Å². The van der Waals surface area contributed by atoms with Gasteiger partial charge in [-0.1, -0.05) is 18.2 Å². The minimum absolute atomic E-state index is 0.00588. The quantitative estimate of drug-likeness (QED) is 0.518. The van der Waals surface area contributed by atoms with Crippen LogP contribution in [0.4, 0.5) is 0 Å². The smallest absolute Gasteiger partial charge is 0.220 e. The first-order chi connectivity index (χ1) is 14.1. The number of methoxy groups -OCH3 is 1. The first kappa shape index (κ1) is 20.7. The molecule has 6 nitrogen and oxygen atoms in total. The second kappa shape index (κ2) is 9.96. The summed E-state index contributed by atoms with van der Waals surface area (Å²) in [6.45, 7) is 3.13. The summed E-state index contributed by atoms with van der Waals surface area (Å²) in [7, 11) is 1.53. The number of rotatable bonds is 9. The van der Waals surface area contributed by atoms with Crippen molar-refractivity contribution in [3.8, 4) is 17.2 Å². The summed E-state index contributed by atoms with van der Waals surface area (Å²) >= 11 is 0. The van der Waals surface area contributed by atoms with E-state index in [1.807, 2.05) is 18.2 Å². The Hall–Kier alpha value is -3.02. The number of ketones is 1. The molecule has 0 bridgehead atoms. The van der Waals surface area contributed by atoms with Gasteiger partial charge in [-0.3, -0.25) is 9.59 Å². The van der Waals surface area contributed by atoms with Gasteiger partial charge in [0.25, 0.3) is 0 Å². The molecule has 1 N–H and O–H groups in total. The summed E-state index contributed by atoms with van der Waals surface area (Å²) in [4.78, 5) is 23.6. The number of para-hydroxylation sites is 1. The van der Waals surface area contributed by atoms with Crippen molar-refractivity contribution in [3.63, 3.8) is 0 Å². The van der Waals surface area contributed by atoms with E-state index >= 15 is 0 Å². The Morgan fingerprint density at radius 1 is 1.17 bits per heavy atom. The number of hydrogen-bond acceptors (Lipinski definition) is 5. The van der Waals surface area contributed by atoms with Crippen LogP contribution < -0.4 is 19.5 Å². The summed E-state index contributed by atoms with van der Waals surface area (Å²) in [5, 5.41) is 2.99. The van der Waals surface area contributed by atoms with Crippen LogP contribution in [-0.4, -0.2) is 38.6 Å². The highest BCUT2D eigenvalue weighted by Gasteiger charge is 2.19. The highest BCUT2D eigenvalue weighted by Crippen LogP contribution is 2.28. The lowest BCUT2D eigenvalue weighted by Gasteiger charge is -2.25. The van der Waals surface area contributed by atoms with E-state index in [2.05, 4.69) is 11.4 Å². The van der Waals surface area contributed by atoms with Gasteiger partial charge in [0.1, 0.15) is 5.75 Å². The molecule has 0 saturated heterocycles. The molecule has 2 aromatic carbocycles. The summed E-state index contributed by atoms with van der Waals surface area (Å²) < 4.78 is 16.7. The van der Waals surface area contributed by atoms with E-state index in [1.54, 1.807) is 18.2 Å². The molecule has 0 aliphatic carbocycles. The maximum atomic E-state index is 12.1. The average molecular weight is 397 g/mol. The third kappa shape index (κ3) is 5.73. The fraction of sp³-hybridized carbons (Fsp3) is 0.391. The second-order valence-electron chi connectivity index (χ2n) is 7.17. The molecule has 0 spiro atoms. The van der Waals surface area contributed by atoms with Crippen LogP contribution >= 0.6 is 0 Å². The number of ether oxygens (including phenoxy) is 3. The number of amides is 1. The van der Waals surface area contributed by atoms with Crippen molar-refractivity contribution in [2.24, 2.45) is 5.92 Å². The standard InChI is InChI=1S/C23H27NO5/c1-16(25)18-9-10-21(22(13-18)27-2)28-11-5-8-23(26)24-14-17-12-19-6-3-4-7-20(19)29-15-17/h3-4,6-7,9-10,13,17H,5,8,11-12,14-15H2,1-2H3,(H,24,26). The Bertz CT molecular complexity index is 864. The summed E-state index contributed by atoms with van der Waals surface area (Å²) in [5.74, 6) is 2.29. The Kier molecular flexibility index (Phi) is 7.11. The van der Waals surface area contributed by atoms with Crippen LogP contribution in [0.1, 0.15) is 35.7 Å². The number of carbonyl (C=O) groups is 2. The number of benzene rings is 2. The molecular weight excluding hydrogens is 370 g/mol. The van der Waals surface area contributed by atoms with Crippen molar-refractivity contribution in [2.45, 2.75) is 26.2 Å². The maximum absolute atomic E-state index is 12.1. The minimum atomic E-state index is -0.0293.